The molecule has 0 aliphatic carbocycles. The van der Waals surface area contributed by atoms with E-state index in [1.165, 1.54) is 4.88 Å². The lowest BCUT2D eigenvalue weighted by Crippen LogP contribution is -2.44. The number of ether oxygens (including phenoxy) is 1. The fourth-order valence-corrected chi connectivity index (χ4v) is 4.62. The van der Waals surface area contributed by atoms with E-state index in [2.05, 4.69) is 39.1 Å². The van der Waals surface area contributed by atoms with Crippen LogP contribution in [0.4, 0.5) is 5.69 Å². The molecule has 1 fully saturated rings. The Morgan fingerprint density at radius 2 is 2.12 bits per heavy atom. The zero-order chi connectivity index (χ0) is 18.5. The molecule has 4 nitrogen and oxygen atoms in total. The van der Waals surface area contributed by atoms with E-state index >= 15 is 0 Å². The maximum Gasteiger partial charge on any atom is 0.170 e. The molecular weight excluding hydrogens is 386 g/mol. The first-order valence-corrected chi connectivity index (χ1v) is 10.4. The normalized spacial score (nSPS) is 16.3. The molecule has 2 heterocycles. The highest BCUT2D eigenvalue weighted by molar-refractivity contribution is 7.80. The van der Waals surface area contributed by atoms with E-state index in [9.17, 15) is 0 Å². The van der Waals surface area contributed by atoms with Gasteiger partial charge in [0.15, 0.2) is 5.11 Å². The lowest BCUT2D eigenvalue weighted by atomic mass is 10.1. The van der Waals surface area contributed by atoms with Crippen molar-refractivity contribution in [2.75, 3.05) is 38.2 Å². The maximum absolute atomic E-state index is 6.37. The Morgan fingerprint density at radius 3 is 2.77 bits per heavy atom. The molecule has 1 atom stereocenters. The van der Waals surface area contributed by atoms with Crippen LogP contribution in [0.1, 0.15) is 22.0 Å². The molecule has 3 rings (SSSR count). The molecule has 2 N–H and O–H groups in total. The predicted molar refractivity (Wildman–Crippen MR) is 115 cm³/mol. The summed E-state index contributed by atoms with van der Waals surface area (Å²) in [7, 11) is 0. The highest BCUT2D eigenvalue weighted by Gasteiger charge is 2.23. The summed E-state index contributed by atoms with van der Waals surface area (Å²) in [6.07, 6.45) is 0. The van der Waals surface area contributed by atoms with Gasteiger partial charge in [-0.05, 0) is 54.7 Å². The number of thiocarbonyl (C=S) groups is 1. The summed E-state index contributed by atoms with van der Waals surface area (Å²) in [5.41, 5.74) is 3.10. The van der Waals surface area contributed by atoms with Gasteiger partial charge >= 0.3 is 0 Å². The van der Waals surface area contributed by atoms with Crippen LogP contribution in [0.3, 0.4) is 0 Å². The molecule has 1 aliphatic heterocycles. The number of anilines is 1. The molecule has 2 aromatic rings. The Morgan fingerprint density at radius 1 is 1.35 bits per heavy atom. The highest BCUT2D eigenvalue weighted by Crippen LogP contribution is 2.28. The van der Waals surface area contributed by atoms with E-state index < -0.39 is 0 Å². The largest absolute Gasteiger partial charge is 0.379 e. The van der Waals surface area contributed by atoms with Crippen LogP contribution in [0.25, 0.3) is 0 Å². The fraction of sp³-hybridized carbons (Fsp3) is 0.421. The third-order valence-corrected chi connectivity index (χ3v) is 6.00. The number of hydrogen-bond donors (Lipinski definition) is 2. The molecule has 7 heteroatoms. The van der Waals surface area contributed by atoms with Crippen LogP contribution in [-0.4, -0.2) is 42.9 Å². The first-order chi connectivity index (χ1) is 12.5. The number of benzene rings is 1. The Labute approximate surface area is 169 Å². The van der Waals surface area contributed by atoms with Crippen molar-refractivity contribution in [3.63, 3.8) is 0 Å². The van der Waals surface area contributed by atoms with Crippen LogP contribution < -0.4 is 10.6 Å². The molecule has 1 aliphatic rings. The van der Waals surface area contributed by atoms with Gasteiger partial charge < -0.3 is 15.4 Å². The number of nitrogens with zero attached hydrogens (tertiary/aromatic N) is 1. The van der Waals surface area contributed by atoms with Gasteiger partial charge in [-0.1, -0.05) is 23.7 Å². The second-order valence-electron chi connectivity index (χ2n) is 6.45. The second-order valence-corrected chi connectivity index (χ2v) is 8.25. The molecule has 0 spiro atoms. The predicted octanol–water partition coefficient (Wildman–Crippen LogP) is 4.38. The number of halogens is 1. The SMILES string of the molecule is Cc1cc(C)c(NC(=S)NC[C@H](c2cccs2)N2CCOCC2)c(Cl)c1. The van der Waals surface area contributed by atoms with E-state index in [-0.39, 0.29) is 6.04 Å². The standard InChI is InChI=1S/C19H24ClN3OS2/c1-13-10-14(2)18(15(20)11-13)22-19(25)21-12-16(17-4-3-9-26-17)23-5-7-24-8-6-23/h3-4,9-11,16H,5-8,12H2,1-2H3,(H2,21,22,25)/t16-/m1/s1. The summed E-state index contributed by atoms with van der Waals surface area (Å²) in [6, 6.07) is 8.61. The highest BCUT2D eigenvalue weighted by atomic mass is 35.5. The minimum atomic E-state index is 0.285. The number of hydrogen-bond acceptors (Lipinski definition) is 4. The average molecular weight is 410 g/mol. The molecule has 26 heavy (non-hydrogen) atoms. The van der Waals surface area contributed by atoms with Gasteiger partial charge in [0.1, 0.15) is 0 Å². The Hall–Kier alpha value is -1.18. The lowest BCUT2D eigenvalue weighted by Gasteiger charge is -2.34. The molecule has 0 saturated carbocycles. The summed E-state index contributed by atoms with van der Waals surface area (Å²) in [5, 5.41) is 10.0. The van der Waals surface area contributed by atoms with Gasteiger partial charge in [0.05, 0.1) is 30.0 Å². The summed E-state index contributed by atoms with van der Waals surface area (Å²) < 4.78 is 5.50. The molecule has 140 valence electrons. The second kappa shape index (κ2) is 9.15. The van der Waals surface area contributed by atoms with Gasteiger partial charge in [-0.15, -0.1) is 11.3 Å². The Balaban J connectivity index is 1.64. The molecule has 0 unspecified atom stereocenters. The average Bonchev–Trinajstić information content (AvgIpc) is 3.13. The topological polar surface area (TPSA) is 36.5 Å². The summed E-state index contributed by atoms with van der Waals surface area (Å²) in [5.74, 6) is 0. The van der Waals surface area contributed by atoms with Gasteiger partial charge in [-0.2, -0.15) is 0 Å². The van der Waals surface area contributed by atoms with E-state index in [0.717, 1.165) is 49.7 Å². The van der Waals surface area contributed by atoms with Crippen molar-refractivity contribution in [2.45, 2.75) is 19.9 Å². The first kappa shape index (κ1) is 19.6. The minimum Gasteiger partial charge on any atom is -0.379 e. The molecular formula is C19H24ClN3OS2. The minimum absolute atomic E-state index is 0.285. The number of nitrogens with one attached hydrogen (secondary N) is 2. The summed E-state index contributed by atoms with van der Waals surface area (Å²) >= 11 is 13.7. The van der Waals surface area contributed by atoms with E-state index in [0.29, 0.717) is 10.1 Å². The zero-order valence-corrected chi connectivity index (χ0v) is 17.4. The van der Waals surface area contributed by atoms with Gasteiger partial charge in [-0.25, -0.2) is 0 Å². The summed E-state index contributed by atoms with van der Waals surface area (Å²) in [4.78, 5) is 3.79. The molecule has 1 aromatic heterocycles. The van der Waals surface area contributed by atoms with Crippen LogP contribution in [0, 0.1) is 13.8 Å². The fourth-order valence-electron chi connectivity index (χ4n) is 3.20. The Bertz CT molecular complexity index is 722. The van der Waals surface area contributed by atoms with Crippen molar-refractivity contribution >= 4 is 46.0 Å². The quantitative estimate of drug-likeness (QED) is 0.717. The van der Waals surface area contributed by atoms with Crippen LogP contribution in [0.2, 0.25) is 5.02 Å². The van der Waals surface area contributed by atoms with Crippen molar-refractivity contribution in [2.24, 2.45) is 0 Å². The van der Waals surface area contributed by atoms with Crippen molar-refractivity contribution in [1.29, 1.82) is 0 Å². The van der Waals surface area contributed by atoms with Crippen LogP contribution in [0.15, 0.2) is 29.6 Å². The smallest absolute Gasteiger partial charge is 0.170 e. The number of aryl methyl sites for hydroxylation is 2. The lowest BCUT2D eigenvalue weighted by molar-refractivity contribution is 0.0177. The van der Waals surface area contributed by atoms with Crippen LogP contribution in [0.5, 0.6) is 0 Å². The van der Waals surface area contributed by atoms with E-state index in [4.69, 9.17) is 28.6 Å². The van der Waals surface area contributed by atoms with Gasteiger partial charge in [-0.3, -0.25) is 4.90 Å². The molecule has 0 bridgehead atoms. The van der Waals surface area contributed by atoms with E-state index in [1.54, 1.807) is 11.3 Å². The number of morpholine rings is 1. The first-order valence-electron chi connectivity index (χ1n) is 8.71. The monoisotopic (exact) mass is 409 g/mol. The van der Waals surface area contributed by atoms with Gasteiger partial charge in [0, 0.05) is 24.5 Å². The molecule has 1 aromatic carbocycles. The Kier molecular flexibility index (Phi) is 6.89. The van der Waals surface area contributed by atoms with Crippen molar-refractivity contribution in [1.82, 2.24) is 10.2 Å². The van der Waals surface area contributed by atoms with Crippen molar-refractivity contribution < 1.29 is 4.74 Å². The van der Waals surface area contributed by atoms with Crippen molar-refractivity contribution in [3.05, 3.63) is 50.7 Å². The molecule has 0 radical (unpaired) electrons. The van der Waals surface area contributed by atoms with Gasteiger partial charge in [0.2, 0.25) is 0 Å². The summed E-state index contributed by atoms with van der Waals surface area (Å²) in [6.45, 7) is 8.25. The maximum atomic E-state index is 6.37. The van der Waals surface area contributed by atoms with Gasteiger partial charge in [0.25, 0.3) is 0 Å². The molecule has 0 amide bonds. The van der Waals surface area contributed by atoms with Crippen LogP contribution >= 0.6 is 35.2 Å². The zero-order valence-electron chi connectivity index (χ0n) is 15.0. The third-order valence-electron chi connectivity index (χ3n) is 4.48. The number of thiophene rings is 1. The van der Waals surface area contributed by atoms with Crippen molar-refractivity contribution in [3.8, 4) is 0 Å². The number of rotatable bonds is 5. The molecule has 1 saturated heterocycles. The third kappa shape index (κ3) is 4.96. The van der Waals surface area contributed by atoms with Crippen LogP contribution in [-0.2, 0) is 4.74 Å². The van der Waals surface area contributed by atoms with E-state index in [1.807, 2.05) is 19.9 Å².